The van der Waals surface area contributed by atoms with Gasteiger partial charge in [-0.3, -0.25) is 4.79 Å². The summed E-state index contributed by atoms with van der Waals surface area (Å²) in [4.78, 5) is 11.5. The molecule has 0 spiro atoms. The standard InChI is InChI=1S/C12H20O2.C3H8/c1-2-14-12(13)11-7-5-10(6-8-11)9-3-4-9;1-3-2/h9-11H,2-8H2,1H3;3H2,1-2H3. The highest BCUT2D eigenvalue weighted by Gasteiger charge is 2.35. The zero-order valence-corrected chi connectivity index (χ0v) is 11.7. The lowest BCUT2D eigenvalue weighted by atomic mass is 9.80. The molecule has 0 aliphatic heterocycles. The highest BCUT2D eigenvalue weighted by molar-refractivity contribution is 5.72. The Hall–Kier alpha value is -0.530. The smallest absolute Gasteiger partial charge is 0.308 e. The summed E-state index contributed by atoms with van der Waals surface area (Å²) in [7, 11) is 0. The van der Waals surface area contributed by atoms with Crippen molar-refractivity contribution in [2.75, 3.05) is 6.61 Å². The fourth-order valence-corrected chi connectivity index (χ4v) is 2.65. The SMILES string of the molecule is CCC.CCOC(=O)C1CCC(C2CC2)CC1. The predicted molar refractivity (Wildman–Crippen MR) is 70.8 cm³/mol. The van der Waals surface area contributed by atoms with E-state index in [2.05, 4.69) is 13.8 Å². The maximum Gasteiger partial charge on any atom is 0.308 e. The molecule has 2 rings (SSSR count). The molecule has 0 saturated heterocycles. The van der Waals surface area contributed by atoms with E-state index in [1.54, 1.807) is 0 Å². The van der Waals surface area contributed by atoms with Crippen LogP contribution in [0, 0.1) is 17.8 Å². The molecule has 0 amide bonds. The summed E-state index contributed by atoms with van der Waals surface area (Å²) in [5.41, 5.74) is 0. The molecule has 2 fully saturated rings. The van der Waals surface area contributed by atoms with E-state index < -0.39 is 0 Å². The number of hydrogen-bond donors (Lipinski definition) is 0. The van der Waals surface area contributed by atoms with Crippen molar-refractivity contribution in [2.24, 2.45) is 17.8 Å². The molecule has 2 aliphatic rings. The molecule has 2 heteroatoms. The van der Waals surface area contributed by atoms with Gasteiger partial charge in [-0.2, -0.15) is 0 Å². The molecular formula is C15H28O2. The first-order chi connectivity index (χ1) is 8.22. The Balaban J connectivity index is 0.000000437. The fourth-order valence-electron chi connectivity index (χ4n) is 2.65. The Morgan fingerprint density at radius 3 is 1.71 bits per heavy atom. The number of ether oxygens (including phenoxy) is 1. The van der Waals surface area contributed by atoms with E-state index in [0.717, 1.165) is 24.7 Å². The van der Waals surface area contributed by atoms with Gasteiger partial charge >= 0.3 is 5.97 Å². The van der Waals surface area contributed by atoms with Gasteiger partial charge in [0, 0.05) is 0 Å². The summed E-state index contributed by atoms with van der Waals surface area (Å²) in [5.74, 6) is 2.20. The van der Waals surface area contributed by atoms with Gasteiger partial charge in [-0.15, -0.1) is 0 Å². The lowest BCUT2D eigenvalue weighted by Gasteiger charge is -2.26. The van der Waals surface area contributed by atoms with Crippen molar-refractivity contribution in [3.8, 4) is 0 Å². The number of rotatable bonds is 3. The summed E-state index contributed by atoms with van der Waals surface area (Å²) < 4.78 is 5.05. The fraction of sp³-hybridized carbons (Fsp3) is 0.933. The van der Waals surface area contributed by atoms with Crippen LogP contribution in [0.4, 0.5) is 0 Å². The van der Waals surface area contributed by atoms with Crippen molar-refractivity contribution in [2.45, 2.75) is 65.7 Å². The van der Waals surface area contributed by atoms with Gasteiger partial charge in [0.15, 0.2) is 0 Å². The van der Waals surface area contributed by atoms with E-state index in [-0.39, 0.29) is 11.9 Å². The highest BCUT2D eigenvalue weighted by Crippen LogP contribution is 2.45. The van der Waals surface area contributed by atoms with E-state index in [4.69, 9.17) is 4.74 Å². The Kier molecular flexibility index (Phi) is 6.61. The van der Waals surface area contributed by atoms with Crippen LogP contribution in [-0.4, -0.2) is 12.6 Å². The van der Waals surface area contributed by atoms with Crippen LogP contribution in [0.1, 0.15) is 65.7 Å². The Morgan fingerprint density at radius 2 is 1.35 bits per heavy atom. The molecule has 0 radical (unpaired) electrons. The van der Waals surface area contributed by atoms with Crippen molar-refractivity contribution in [1.82, 2.24) is 0 Å². The average molecular weight is 240 g/mol. The van der Waals surface area contributed by atoms with Crippen LogP contribution in [0.15, 0.2) is 0 Å². The Bertz CT molecular complexity index is 213. The normalized spacial score (nSPS) is 27.9. The highest BCUT2D eigenvalue weighted by atomic mass is 16.5. The molecule has 2 aliphatic carbocycles. The molecule has 0 unspecified atom stereocenters. The summed E-state index contributed by atoms with van der Waals surface area (Å²) in [5, 5.41) is 0. The van der Waals surface area contributed by atoms with Crippen LogP contribution >= 0.6 is 0 Å². The summed E-state index contributed by atoms with van der Waals surface area (Å²) in [6.07, 6.45) is 8.78. The Morgan fingerprint density at radius 1 is 0.941 bits per heavy atom. The molecule has 0 atom stereocenters. The molecule has 0 N–H and O–H groups in total. The van der Waals surface area contributed by atoms with E-state index in [1.165, 1.54) is 32.1 Å². The van der Waals surface area contributed by atoms with Gasteiger partial charge in [0.2, 0.25) is 0 Å². The van der Waals surface area contributed by atoms with Gasteiger partial charge in [-0.25, -0.2) is 0 Å². The molecule has 0 aromatic rings. The van der Waals surface area contributed by atoms with E-state index >= 15 is 0 Å². The molecule has 0 aromatic heterocycles. The van der Waals surface area contributed by atoms with Crippen LogP contribution < -0.4 is 0 Å². The summed E-state index contributed by atoms with van der Waals surface area (Å²) >= 11 is 0. The minimum Gasteiger partial charge on any atom is -0.466 e. The number of carbonyl (C=O) groups excluding carboxylic acids is 1. The third kappa shape index (κ3) is 5.10. The first-order valence-corrected chi connectivity index (χ1v) is 7.39. The van der Waals surface area contributed by atoms with Crippen LogP contribution in [0.5, 0.6) is 0 Å². The van der Waals surface area contributed by atoms with Crippen LogP contribution in [-0.2, 0) is 9.53 Å². The van der Waals surface area contributed by atoms with E-state index in [0.29, 0.717) is 6.61 Å². The topological polar surface area (TPSA) is 26.3 Å². The van der Waals surface area contributed by atoms with Crippen molar-refractivity contribution in [1.29, 1.82) is 0 Å². The molecule has 0 heterocycles. The predicted octanol–water partition coefficient (Wildman–Crippen LogP) is 4.18. The molecular weight excluding hydrogens is 212 g/mol. The molecule has 0 bridgehead atoms. The second-order valence-corrected chi connectivity index (χ2v) is 5.41. The second kappa shape index (κ2) is 7.73. The zero-order chi connectivity index (χ0) is 12.7. The summed E-state index contributed by atoms with van der Waals surface area (Å²) in [6, 6.07) is 0. The van der Waals surface area contributed by atoms with Crippen LogP contribution in [0.2, 0.25) is 0 Å². The second-order valence-electron chi connectivity index (χ2n) is 5.41. The largest absolute Gasteiger partial charge is 0.466 e. The van der Waals surface area contributed by atoms with Crippen molar-refractivity contribution < 1.29 is 9.53 Å². The van der Waals surface area contributed by atoms with Crippen molar-refractivity contribution in [3.63, 3.8) is 0 Å². The minimum atomic E-state index is 0.0433. The molecule has 0 aromatic carbocycles. The zero-order valence-electron chi connectivity index (χ0n) is 11.7. The minimum absolute atomic E-state index is 0.0433. The van der Waals surface area contributed by atoms with Crippen LogP contribution in [0.25, 0.3) is 0 Å². The van der Waals surface area contributed by atoms with E-state index in [9.17, 15) is 4.79 Å². The molecule has 2 nitrogen and oxygen atoms in total. The number of hydrogen-bond acceptors (Lipinski definition) is 2. The van der Waals surface area contributed by atoms with Gasteiger partial charge in [-0.05, 0) is 57.3 Å². The third-order valence-electron chi connectivity index (χ3n) is 3.68. The lowest BCUT2D eigenvalue weighted by molar-refractivity contribution is -0.149. The Labute approximate surface area is 106 Å². The van der Waals surface area contributed by atoms with Gasteiger partial charge in [-0.1, -0.05) is 20.3 Å². The molecule has 17 heavy (non-hydrogen) atoms. The maximum absolute atomic E-state index is 11.5. The first-order valence-electron chi connectivity index (χ1n) is 7.39. The maximum atomic E-state index is 11.5. The quantitative estimate of drug-likeness (QED) is 0.692. The van der Waals surface area contributed by atoms with Gasteiger partial charge in [0.25, 0.3) is 0 Å². The number of esters is 1. The molecule has 2 saturated carbocycles. The molecule has 100 valence electrons. The van der Waals surface area contributed by atoms with Gasteiger partial charge in [0.1, 0.15) is 0 Å². The van der Waals surface area contributed by atoms with Crippen molar-refractivity contribution >= 4 is 5.97 Å². The van der Waals surface area contributed by atoms with Gasteiger partial charge in [0.05, 0.1) is 12.5 Å². The number of carbonyl (C=O) groups is 1. The summed E-state index contributed by atoms with van der Waals surface area (Å²) in [6.45, 7) is 6.66. The monoisotopic (exact) mass is 240 g/mol. The van der Waals surface area contributed by atoms with Crippen molar-refractivity contribution in [3.05, 3.63) is 0 Å². The lowest BCUT2D eigenvalue weighted by Crippen LogP contribution is -2.24. The van der Waals surface area contributed by atoms with Crippen LogP contribution in [0.3, 0.4) is 0 Å². The average Bonchev–Trinajstić information content (AvgIpc) is 3.15. The van der Waals surface area contributed by atoms with Gasteiger partial charge < -0.3 is 4.74 Å². The van der Waals surface area contributed by atoms with E-state index in [1.807, 2.05) is 6.92 Å². The third-order valence-corrected chi connectivity index (χ3v) is 3.68. The first kappa shape index (κ1) is 14.5.